The van der Waals surface area contributed by atoms with Crippen molar-refractivity contribution in [3.8, 4) is 12.3 Å². The number of hydrogen-bond donors (Lipinski definition) is 2. The van der Waals surface area contributed by atoms with E-state index in [0.717, 1.165) is 30.6 Å². The van der Waals surface area contributed by atoms with Crippen LogP contribution in [-0.2, 0) is 9.59 Å². The van der Waals surface area contributed by atoms with Gasteiger partial charge >= 0.3 is 6.03 Å². The van der Waals surface area contributed by atoms with Crippen LogP contribution in [0.15, 0.2) is 0 Å². The Hall–Kier alpha value is -2.03. The molecule has 0 aromatic rings. The zero-order valence-corrected chi connectivity index (χ0v) is 12.8. The summed E-state index contributed by atoms with van der Waals surface area (Å²) >= 11 is 0. The number of imide groups is 1. The average Bonchev–Trinajstić information content (AvgIpc) is 2.70. The summed E-state index contributed by atoms with van der Waals surface area (Å²) in [5.74, 6) is 1.65. The molecule has 1 saturated carbocycles. The monoisotopic (exact) mass is 305 g/mol. The summed E-state index contributed by atoms with van der Waals surface area (Å²) in [6.07, 6.45) is 13.1. The van der Waals surface area contributed by atoms with Crippen LogP contribution in [0.3, 0.4) is 0 Å². The highest BCUT2D eigenvalue weighted by molar-refractivity contribution is 6.06. The molecule has 1 aliphatic heterocycles. The summed E-state index contributed by atoms with van der Waals surface area (Å²) in [7, 11) is 0. The minimum Gasteiger partial charge on any atom is -0.352 e. The highest BCUT2D eigenvalue weighted by Crippen LogP contribution is 2.17. The van der Waals surface area contributed by atoms with Crippen molar-refractivity contribution in [2.75, 3.05) is 6.54 Å². The molecule has 2 N–H and O–H groups in total. The number of terminal acetylenes is 1. The third-order valence-corrected chi connectivity index (χ3v) is 4.20. The minimum atomic E-state index is -0.702. The Bertz CT molecular complexity index is 476. The van der Waals surface area contributed by atoms with Crippen molar-refractivity contribution >= 4 is 17.8 Å². The maximum absolute atomic E-state index is 12.1. The highest BCUT2D eigenvalue weighted by atomic mass is 16.2. The van der Waals surface area contributed by atoms with Crippen LogP contribution >= 0.6 is 0 Å². The largest absolute Gasteiger partial charge is 0.352 e. The summed E-state index contributed by atoms with van der Waals surface area (Å²) < 4.78 is 0. The lowest BCUT2D eigenvalue weighted by Gasteiger charge is -2.22. The van der Waals surface area contributed by atoms with E-state index in [2.05, 4.69) is 16.6 Å². The SMILES string of the molecule is C#CC[C@@H]1NC(=O)N(CC(=O)NC2CCCCCCC2)C1=O. The van der Waals surface area contributed by atoms with E-state index in [1.807, 2.05) is 0 Å². The molecule has 1 saturated heterocycles. The maximum Gasteiger partial charge on any atom is 0.325 e. The van der Waals surface area contributed by atoms with Gasteiger partial charge in [0.25, 0.3) is 5.91 Å². The van der Waals surface area contributed by atoms with Crippen molar-refractivity contribution in [3.63, 3.8) is 0 Å². The first-order chi connectivity index (χ1) is 10.6. The van der Waals surface area contributed by atoms with E-state index in [-0.39, 0.29) is 24.9 Å². The molecule has 120 valence electrons. The Labute approximate surface area is 131 Å². The van der Waals surface area contributed by atoms with E-state index in [9.17, 15) is 14.4 Å². The highest BCUT2D eigenvalue weighted by Gasteiger charge is 2.38. The quantitative estimate of drug-likeness (QED) is 0.604. The summed E-state index contributed by atoms with van der Waals surface area (Å²) in [4.78, 5) is 36.8. The van der Waals surface area contributed by atoms with Gasteiger partial charge in [-0.2, -0.15) is 0 Å². The van der Waals surface area contributed by atoms with Crippen LogP contribution < -0.4 is 10.6 Å². The van der Waals surface area contributed by atoms with E-state index in [4.69, 9.17) is 6.42 Å². The first kappa shape index (κ1) is 16.3. The molecule has 1 heterocycles. The van der Waals surface area contributed by atoms with Crippen LogP contribution in [-0.4, -0.2) is 41.4 Å². The molecule has 4 amide bonds. The van der Waals surface area contributed by atoms with Crippen molar-refractivity contribution in [3.05, 3.63) is 0 Å². The Morgan fingerprint density at radius 1 is 1.23 bits per heavy atom. The number of carbonyl (C=O) groups is 3. The third-order valence-electron chi connectivity index (χ3n) is 4.20. The van der Waals surface area contributed by atoms with Crippen LogP contribution in [0.25, 0.3) is 0 Å². The molecule has 6 heteroatoms. The summed E-state index contributed by atoms with van der Waals surface area (Å²) in [5, 5.41) is 5.45. The average molecular weight is 305 g/mol. The summed E-state index contributed by atoms with van der Waals surface area (Å²) in [6.45, 7) is -0.234. The molecule has 1 aliphatic carbocycles. The van der Waals surface area contributed by atoms with Gasteiger partial charge in [-0.25, -0.2) is 4.79 Å². The van der Waals surface area contributed by atoms with Gasteiger partial charge in [-0.1, -0.05) is 32.1 Å². The molecule has 0 radical (unpaired) electrons. The predicted molar refractivity (Wildman–Crippen MR) is 81.7 cm³/mol. The molecule has 0 unspecified atom stereocenters. The van der Waals surface area contributed by atoms with Gasteiger partial charge in [0.15, 0.2) is 0 Å². The van der Waals surface area contributed by atoms with E-state index >= 15 is 0 Å². The number of hydrogen-bond acceptors (Lipinski definition) is 3. The van der Waals surface area contributed by atoms with Crippen molar-refractivity contribution in [2.24, 2.45) is 0 Å². The Morgan fingerprint density at radius 2 is 1.86 bits per heavy atom. The molecule has 2 rings (SSSR count). The number of carbonyl (C=O) groups excluding carboxylic acids is 3. The van der Waals surface area contributed by atoms with Crippen LogP contribution in [0.1, 0.15) is 51.4 Å². The normalized spacial score (nSPS) is 23.4. The van der Waals surface area contributed by atoms with Gasteiger partial charge in [-0.15, -0.1) is 12.3 Å². The van der Waals surface area contributed by atoms with Crippen molar-refractivity contribution in [1.29, 1.82) is 0 Å². The Morgan fingerprint density at radius 3 is 2.50 bits per heavy atom. The van der Waals surface area contributed by atoms with Gasteiger partial charge in [-0.05, 0) is 12.8 Å². The zero-order chi connectivity index (χ0) is 15.9. The smallest absolute Gasteiger partial charge is 0.325 e. The predicted octanol–water partition coefficient (Wildman–Crippen LogP) is 1.16. The third kappa shape index (κ3) is 4.23. The molecule has 0 aromatic heterocycles. The first-order valence-corrected chi connectivity index (χ1v) is 7.96. The second-order valence-corrected chi connectivity index (χ2v) is 5.94. The van der Waals surface area contributed by atoms with Crippen LogP contribution in [0.2, 0.25) is 0 Å². The standard InChI is InChI=1S/C16H23N3O3/c1-2-8-13-15(21)19(16(22)18-13)11-14(20)17-12-9-6-4-3-5-7-10-12/h1,12-13H,3-11H2,(H,17,20)(H,18,22)/t13-/m0/s1. The molecule has 1 atom stereocenters. The molecular formula is C16H23N3O3. The second-order valence-electron chi connectivity index (χ2n) is 5.94. The number of rotatable bonds is 4. The lowest BCUT2D eigenvalue weighted by atomic mass is 9.97. The fraction of sp³-hybridized carbons (Fsp3) is 0.688. The van der Waals surface area contributed by atoms with Gasteiger partial charge < -0.3 is 10.6 Å². The Balaban J connectivity index is 1.84. The van der Waals surface area contributed by atoms with Gasteiger partial charge in [0.1, 0.15) is 12.6 Å². The number of amides is 4. The number of nitrogens with zero attached hydrogens (tertiary/aromatic N) is 1. The zero-order valence-electron chi connectivity index (χ0n) is 12.8. The molecule has 2 fully saturated rings. The van der Waals surface area contributed by atoms with Gasteiger partial charge in [-0.3, -0.25) is 14.5 Å². The summed E-state index contributed by atoms with van der Waals surface area (Å²) in [6, 6.07) is -1.10. The van der Waals surface area contributed by atoms with E-state index in [0.29, 0.717) is 0 Å². The van der Waals surface area contributed by atoms with Crippen LogP contribution in [0.5, 0.6) is 0 Å². The van der Waals surface area contributed by atoms with E-state index < -0.39 is 18.0 Å². The minimum absolute atomic E-state index is 0.144. The van der Waals surface area contributed by atoms with Crippen molar-refractivity contribution < 1.29 is 14.4 Å². The van der Waals surface area contributed by atoms with Crippen molar-refractivity contribution in [2.45, 2.75) is 63.5 Å². The lowest BCUT2D eigenvalue weighted by molar-refractivity contribution is -0.132. The Kier molecular flexibility index (Phi) is 5.82. The van der Waals surface area contributed by atoms with Gasteiger partial charge in [0.2, 0.25) is 5.91 Å². The fourth-order valence-electron chi connectivity index (χ4n) is 3.00. The fourth-order valence-corrected chi connectivity index (χ4v) is 3.00. The second kappa shape index (κ2) is 7.83. The van der Waals surface area contributed by atoms with Gasteiger partial charge in [0.05, 0.1) is 0 Å². The number of nitrogens with one attached hydrogen (secondary N) is 2. The number of urea groups is 1. The first-order valence-electron chi connectivity index (χ1n) is 7.96. The summed E-state index contributed by atoms with van der Waals surface area (Å²) in [5.41, 5.74) is 0. The van der Waals surface area contributed by atoms with E-state index in [1.54, 1.807) is 0 Å². The molecule has 22 heavy (non-hydrogen) atoms. The van der Waals surface area contributed by atoms with Crippen LogP contribution in [0, 0.1) is 12.3 Å². The molecular weight excluding hydrogens is 282 g/mol. The maximum atomic E-state index is 12.1. The van der Waals surface area contributed by atoms with Gasteiger partial charge in [0, 0.05) is 12.5 Å². The van der Waals surface area contributed by atoms with E-state index in [1.165, 1.54) is 19.3 Å². The molecule has 0 spiro atoms. The molecule has 0 aromatic carbocycles. The van der Waals surface area contributed by atoms with Crippen molar-refractivity contribution in [1.82, 2.24) is 15.5 Å². The molecule has 6 nitrogen and oxygen atoms in total. The molecule has 0 bridgehead atoms. The van der Waals surface area contributed by atoms with Crippen LogP contribution in [0.4, 0.5) is 4.79 Å². The lowest BCUT2D eigenvalue weighted by Crippen LogP contribution is -2.44. The molecule has 2 aliphatic rings. The topological polar surface area (TPSA) is 78.5 Å².